The van der Waals surface area contributed by atoms with E-state index >= 15 is 0 Å². The molecule has 1 aliphatic rings. The van der Waals surface area contributed by atoms with E-state index in [0.29, 0.717) is 0 Å². The lowest BCUT2D eigenvalue weighted by Gasteiger charge is -2.35. The second kappa shape index (κ2) is 6.70. The van der Waals surface area contributed by atoms with Crippen molar-refractivity contribution in [1.82, 2.24) is 9.97 Å². The average Bonchev–Trinajstić information content (AvgIpc) is 2.47. The van der Waals surface area contributed by atoms with Gasteiger partial charge in [0.25, 0.3) is 0 Å². The number of anilines is 2. The molecule has 0 bridgehead atoms. The predicted molar refractivity (Wildman–Crippen MR) is 77.6 cm³/mol. The highest BCUT2D eigenvalue weighted by Gasteiger charge is 2.23. The monoisotopic (exact) mass is 264 g/mol. The van der Waals surface area contributed by atoms with E-state index in [1.54, 1.807) is 0 Å². The lowest BCUT2D eigenvalue weighted by Crippen LogP contribution is -2.42. The summed E-state index contributed by atoms with van der Waals surface area (Å²) in [5.74, 6) is 2.68. The maximum Gasteiger partial charge on any atom is 0.134 e. The van der Waals surface area contributed by atoms with Crippen molar-refractivity contribution < 1.29 is 5.11 Å². The van der Waals surface area contributed by atoms with Gasteiger partial charge in [0.15, 0.2) is 0 Å². The fraction of sp³-hybridized carbons (Fsp3) is 0.714. The topological polar surface area (TPSA) is 61.3 Å². The minimum absolute atomic E-state index is 0.196. The lowest BCUT2D eigenvalue weighted by atomic mass is 10.0. The number of aliphatic hydroxyl groups excluding tert-OH is 1. The van der Waals surface area contributed by atoms with Crippen molar-refractivity contribution in [3.05, 3.63) is 11.9 Å². The van der Waals surface area contributed by atoms with Gasteiger partial charge in [0.1, 0.15) is 17.5 Å². The van der Waals surface area contributed by atoms with Gasteiger partial charge in [0.2, 0.25) is 0 Å². The molecule has 0 amide bonds. The Kier molecular flexibility index (Phi) is 4.96. The second-order valence-electron chi connectivity index (χ2n) is 4.94. The number of piperidine rings is 1. The maximum absolute atomic E-state index is 9.52. The first-order valence-electron chi connectivity index (χ1n) is 7.27. The third-order valence-electron chi connectivity index (χ3n) is 3.57. The molecule has 1 aromatic rings. The van der Waals surface area contributed by atoms with Crippen molar-refractivity contribution in [2.75, 3.05) is 29.9 Å². The Bertz CT molecular complexity index is 410. The quantitative estimate of drug-likeness (QED) is 0.849. The van der Waals surface area contributed by atoms with E-state index in [4.69, 9.17) is 0 Å². The average molecular weight is 264 g/mol. The molecule has 19 heavy (non-hydrogen) atoms. The largest absolute Gasteiger partial charge is 0.394 e. The Hall–Kier alpha value is -1.36. The number of hydrogen-bond acceptors (Lipinski definition) is 5. The van der Waals surface area contributed by atoms with Crippen LogP contribution in [0.5, 0.6) is 0 Å². The van der Waals surface area contributed by atoms with Crippen LogP contribution in [0.15, 0.2) is 6.07 Å². The molecule has 1 aromatic heterocycles. The molecule has 5 heteroatoms. The molecule has 0 aliphatic carbocycles. The van der Waals surface area contributed by atoms with Crippen LogP contribution in [0.2, 0.25) is 0 Å². The summed E-state index contributed by atoms with van der Waals surface area (Å²) in [6.07, 6.45) is 4.22. The maximum atomic E-state index is 9.52. The summed E-state index contributed by atoms with van der Waals surface area (Å²) in [7, 11) is 0. The van der Waals surface area contributed by atoms with E-state index in [1.165, 1.54) is 12.8 Å². The summed E-state index contributed by atoms with van der Waals surface area (Å²) in [6.45, 7) is 6.14. The highest BCUT2D eigenvalue weighted by molar-refractivity contribution is 5.50. The zero-order valence-corrected chi connectivity index (χ0v) is 11.9. The molecule has 0 saturated carbocycles. The zero-order valence-electron chi connectivity index (χ0n) is 11.9. The minimum atomic E-state index is 0.196. The van der Waals surface area contributed by atoms with Gasteiger partial charge in [0, 0.05) is 25.6 Å². The van der Waals surface area contributed by atoms with Gasteiger partial charge >= 0.3 is 0 Å². The number of rotatable bonds is 5. The molecule has 1 unspecified atom stereocenters. The van der Waals surface area contributed by atoms with Gasteiger partial charge in [-0.05, 0) is 26.2 Å². The number of aryl methyl sites for hydroxylation is 1. The lowest BCUT2D eigenvalue weighted by molar-refractivity contribution is 0.239. The SMILES string of the molecule is CCNc1cc(N2CCCCC2CO)nc(CC)n1. The van der Waals surface area contributed by atoms with Crippen molar-refractivity contribution in [2.45, 2.75) is 45.6 Å². The second-order valence-corrected chi connectivity index (χ2v) is 4.94. The van der Waals surface area contributed by atoms with Gasteiger partial charge in [-0.1, -0.05) is 6.92 Å². The molecular weight excluding hydrogens is 240 g/mol. The number of nitrogens with zero attached hydrogens (tertiary/aromatic N) is 3. The number of aliphatic hydroxyl groups is 1. The normalized spacial score (nSPS) is 19.5. The summed E-state index contributed by atoms with van der Waals surface area (Å²) in [6, 6.07) is 2.19. The van der Waals surface area contributed by atoms with Crippen LogP contribution in [-0.2, 0) is 6.42 Å². The molecule has 0 spiro atoms. The van der Waals surface area contributed by atoms with Crippen LogP contribution >= 0.6 is 0 Å². The van der Waals surface area contributed by atoms with E-state index in [-0.39, 0.29) is 12.6 Å². The van der Waals surface area contributed by atoms with Gasteiger partial charge in [-0.15, -0.1) is 0 Å². The third kappa shape index (κ3) is 3.35. The van der Waals surface area contributed by atoms with E-state index in [1.807, 2.05) is 6.07 Å². The molecule has 2 rings (SSSR count). The predicted octanol–water partition coefficient (Wildman–Crippen LogP) is 1.82. The van der Waals surface area contributed by atoms with Crippen molar-refractivity contribution >= 4 is 11.6 Å². The summed E-state index contributed by atoms with van der Waals surface area (Å²) < 4.78 is 0. The fourth-order valence-electron chi connectivity index (χ4n) is 2.55. The molecule has 0 radical (unpaired) electrons. The molecule has 5 nitrogen and oxygen atoms in total. The molecule has 106 valence electrons. The Morgan fingerprint density at radius 1 is 1.37 bits per heavy atom. The van der Waals surface area contributed by atoms with Gasteiger partial charge in [-0.2, -0.15) is 0 Å². The molecule has 1 atom stereocenters. The van der Waals surface area contributed by atoms with Gasteiger partial charge in [-0.3, -0.25) is 0 Å². The highest BCUT2D eigenvalue weighted by atomic mass is 16.3. The van der Waals surface area contributed by atoms with E-state index in [9.17, 15) is 5.11 Å². The van der Waals surface area contributed by atoms with Crippen molar-refractivity contribution in [3.8, 4) is 0 Å². The molecule has 1 aliphatic heterocycles. The van der Waals surface area contributed by atoms with E-state index in [0.717, 1.165) is 43.4 Å². The van der Waals surface area contributed by atoms with Gasteiger partial charge in [-0.25, -0.2) is 9.97 Å². The Balaban J connectivity index is 2.28. The highest BCUT2D eigenvalue weighted by Crippen LogP contribution is 2.24. The van der Waals surface area contributed by atoms with Gasteiger partial charge < -0.3 is 15.3 Å². The smallest absolute Gasteiger partial charge is 0.134 e. The molecular formula is C14H24N4O. The third-order valence-corrected chi connectivity index (χ3v) is 3.57. The van der Waals surface area contributed by atoms with Crippen molar-refractivity contribution in [1.29, 1.82) is 0 Å². The first-order valence-corrected chi connectivity index (χ1v) is 7.27. The van der Waals surface area contributed by atoms with Crippen LogP contribution < -0.4 is 10.2 Å². The fourth-order valence-corrected chi connectivity index (χ4v) is 2.55. The van der Waals surface area contributed by atoms with Crippen LogP contribution in [0.3, 0.4) is 0 Å². The molecule has 1 saturated heterocycles. The Labute approximate surface area is 115 Å². The van der Waals surface area contributed by atoms with Crippen LogP contribution in [0.25, 0.3) is 0 Å². The first-order chi connectivity index (χ1) is 9.28. The van der Waals surface area contributed by atoms with E-state index in [2.05, 4.69) is 34.0 Å². The van der Waals surface area contributed by atoms with Crippen molar-refractivity contribution in [2.24, 2.45) is 0 Å². The van der Waals surface area contributed by atoms with Crippen LogP contribution in [0, 0.1) is 0 Å². The van der Waals surface area contributed by atoms with Gasteiger partial charge in [0.05, 0.1) is 12.6 Å². The molecule has 0 aromatic carbocycles. The summed E-state index contributed by atoms with van der Waals surface area (Å²) in [4.78, 5) is 11.3. The van der Waals surface area contributed by atoms with E-state index < -0.39 is 0 Å². The molecule has 2 heterocycles. The zero-order chi connectivity index (χ0) is 13.7. The number of aromatic nitrogens is 2. The number of nitrogens with one attached hydrogen (secondary N) is 1. The van der Waals surface area contributed by atoms with Crippen LogP contribution in [0.4, 0.5) is 11.6 Å². The summed E-state index contributed by atoms with van der Waals surface area (Å²) in [5, 5.41) is 12.8. The standard InChI is InChI=1S/C14H24N4O/c1-3-12-16-13(15-4-2)9-14(17-12)18-8-6-5-7-11(18)10-19/h9,11,19H,3-8,10H2,1-2H3,(H,15,16,17). The number of hydrogen-bond donors (Lipinski definition) is 2. The van der Waals surface area contributed by atoms with Crippen LogP contribution in [0.1, 0.15) is 38.9 Å². The summed E-state index contributed by atoms with van der Waals surface area (Å²) >= 11 is 0. The summed E-state index contributed by atoms with van der Waals surface area (Å²) in [5.41, 5.74) is 0. The molecule has 1 fully saturated rings. The van der Waals surface area contributed by atoms with Crippen molar-refractivity contribution in [3.63, 3.8) is 0 Å². The molecule has 2 N–H and O–H groups in total. The van der Waals surface area contributed by atoms with Crippen LogP contribution in [-0.4, -0.2) is 40.8 Å². The Morgan fingerprint density at radius 2 is 2.21 bits per heavy atom. The minimum Gasteiger partial charge on any atom is -0.394 e. The first kappa shape index (κ1) is 14.1. The Morgan fingerprint density at radius 3 is 2.89 bits per heavy atom.